The van der Waals surface area contributed by atoms with Gasteiger partial charge in [0.25, 0.3) is 0 Å². The molecule has 2 aliphatic heterocycles. The standard InChI is InChI=1S/C21H25NO3/c1-13-6-5-11-21(2)19(25-21)18-15(10-9-13)16(20(23)24-18)12-14-7-3-4-8-17(14)22/h3-4,6-8,12,15,18-19H,5,9-11,22H2,1-2H3/b13-6+,16-12+/t15-,18-,19+,21+/m0/s1. The summed E-state index contributed by atoms with van der Waals surface area (Å²) in [6.07, 6.45) is 7.91. The predicted molar refractivity (Wildman–Crippen MR) is 97.7 cm³/mol. The van der Waals surface area contributed by atoms with Crippen LogP contribution < -0.4 is 5.73 Å². The lowest BCUT2D eigenvalue weighted by molar-refractivity contribution is -0.139. The van der Waals surface area contributed by atoms with E-state index in [0.29, 0.717) is 5.69 Å². The van der Waals surface area contributed by atoms with Gasteiger partial charge in [0, 0.05) is 17.2 Å². The van der Waals surface area contributed by atoms with Gasteiger partial charge in [0.05, 0.1) is 5.60 Å². The van der Waals surface area contributed by atoms with Crippen LogP contribution in [0.15, 0.2) is 41.5 Å². The average Bonchev–Trinajstić information content (AvgIpc) is 3.14. The number of nitrogen functional groups attached to an aromatic ring is 1. The Labute approximate surface area is 148 Å². The molecule has 4 rings (SSSR count). The number of esters is 1. The van der Waals surface area contributed by atoms with Gasteiger partial charge in [0.15, 0.2) is 0 Å². The fraction of sp³-hybridized carbons (Fsp3) is 0.476. The van der Waals surface area contributed by atoms with Gasteiger partial charge in [-0.25, -0.2) is 4.79 Å². The van der Waals surface area contributed by atoms with Gasteiger partial charge < -0.3 is 15.2 Å². The number of carbonyl (C=O) groups is 1. The monoisotopic (exact) mass is 339 g/mol. The third-order valence-corrected chi connectivity index (χ3v) is 5.80. The van der Waals surface area contributed by atoms with Gasteiger partial charge >= 0.3 is 5.97 Å². The summed E-state index contributed by atoms with van der Waals surface area (Å²) in [5, 5.41) is 0. The highest BCUT2D eigenvalue weighted by molar-refractivity contribution is 5.97. The first-order valence-corrected chi connectivity index (χ1v) is 9.08. The van der Waals surface area contributed by atoms with Crippen molar-refractivity contribution in [2.45, 2.75) is 57.3 Å². The molecule has 1 aromatic carbocycles. The molecule has 0 spiro atoms. The Hall–Kier alpha value is -2.07. The molecule has 0 radical (unpaired) electrons. The first-order chi connectivity index (χ1) is 12.0. The molecule has 0 amide bonds. The van der Waals surface area contributed by atoms with Crippen LogP contribution in [0, 0.1) is 5.92 Å². The lowest BCUT2D eigenvalue weighted by atomic mass is 9.83. The van der Waals surface area contributed by atoms with Crippen LogP contribution in [-0.4, -0.2) is 23.8 Å². The number of nitrogens with two attached hydrogens (primary N) is 1. The van der Waals surface area contributed by atoms with E-state index in [0.717, 1.165) is 36.8 Å². The molecule has 4 heteroatoms. The number of epoxide rings is 1. The van der Waals surface area contributed by atoms with Crippen LogP contribution in [0.5, 0.6) is 0 Å². The van der Waals surface area contributed by atoms with Crippen LogP contribution in [0.25, 0.3) is 6.08 Å². The van der Waals surface area contributed by atoms with Gasteiger partial charge in [-0.05, 0) is 57.2 Å². The Kier molecular flexibility index (Phi) is 3.95. The van der Waals surface area contributed by atoms with Crippen molar-refractivity contribution in [2.24, 2.45) is 5.92 Å². The highest BCUT2D eigenvalue weighted by atomic mass is 16.6. The number of anilines is 1. The zero-order chi connectivity index (χ0) is 17.6. The minimum absolute atomic E-state index is 0.00674. The molecule has 25 heavy (non-hydrogen) atoms. The molecule has 3 aliphatic rings. The summed E-state index contributed by atoms with van der Waals surface area (Å²) in [7, 11) is 0. The number of hydrogen-bond acceptors (Lipinski definition) is 4. The number of ether oxygens (including phenoxy) is 2. The summed E-state index contributed by atoms with van der Waals surface area (Å²) in [5.74, 6) is -0.169. The Morgan fingerprint density at radius 1 is 1.32 bits per heavy atom. The van der Waals surface area contributed by atoms with Crippen molar-refractivity contribution in [3.05, 3.63) is 47.1 Å². The lowest BCUT2D eigenvalue weighted by Crippen LogP contribution is -2.28. The van der Waals surface area contributed by atoms with Gasteiger partial charge in [0.2, 0.25) is 0 Å². The molecule has 1 aliphatic carbocycles. The number of fused-ring (bicyclic) bond motifs is 3. The van der Waals surface area contributed by atoms with Crippen molar-refractivity contribution in [1.82, 2.24) is 0 Å². The highest BCUT2D eigenvalue weighted by Gasteiger charge is 2.61. The second-order valence-electron chi connectivity index (χ2n) is 7.68. The zero-order valence-corrected chi connectivity index (χ0v) is 14.8. The van der Waals surface area contributed by atoms with Crippen molar-refractivity contribution in [1.29, 1.82) is 0 Å². The fourth-order valence-corrected chi connectivity index (χ4v) is 4.13. The van der Waals surface area contributed by atoms with Gasteiger partial charge in [0.1, 0.15) is 12.2 Å². The van der Waals surface area contributed by atoms with E-state index in [2.05, 4.69) is 19.9 Å². The lowest BCUT2D eigenvalue weighted by Gasteiger charge is -2.19. The van der Waals surface area contributed by atoms with Gasteiger partial charge in [-0.2, -0.15) is 0 Å². The van der Waals surface area contributed by atoms with E-state index in [1.54, 1.807) is 0 Å². The number of carbonyl (C=O) groups excluding carboxylic acids is 1. The molecule has 0 bridgehead atoms. The number of benzene rings is 1. The first kappa shape index (κ1) is 16.4. The molecule has 1 aromatic rings. The highest BCUT2D eigenvalue weighted by Crippen LogP contribution is 2.50. The number of hydrogen-bond donors (Lipinski definition) is 1. The molecule has 4 nitrogen and oxygen atoms in total. The Morgan fingerprint density at radius 3 is 2.92 bits per heavy atom. The molecule has 132 valence electrons. The Bertz CT molecular complexity index is 766. The maximum atomic E-state index is 12.6. The number of allylic oxidation sites excluding steroid dienone is 2. The molecule has 2 fully saturated rings. The summed E-state index contributed by atoms with van der Waals surface area (Å²) in [4.78, 5) is 12.6. The van der Waals surface area contributed by atoms with E-state index in [-0.39, 0.29) is 29.7 Å². The molecular weight excluding hydrogens is 314 g/mol. The average molecular weight is 339 g/mol. The summed E-state index contributed by atoms with van der Waals surface area (Å²) < 4.78 is 11.8. The normalized spacial score (nSPS) is 38.3. The van der Waals surface area contributed by atoms with E-state index in [4.69, 9.17) is 15.2 Å². The van der Waals surface area contributed by atoms with Gasteiger partial charge in [-0.1, -0.05) is 29.8 Å². The molecule has 0 saturated carbocycles. The molecule has 4 atom stereocenters. The van der Waals surface area contributed by atoms with Crippen LogP contribution in [0.2, 0.25) is 0 Å². The minimum atomic E-state index is -0.225. The smallest absolute Gasteiger partial charge is 0.334 e. The van der Waals surface area contributed by atoms with E-state index in [9.17, 15) is 4.79 Å². The quantitative estimate of drug-likeness (QED) is 0.277. The summed E-state index contributed by atoms with van der Waals surface area (Å²) in [5.41, 5.74) is 9.55. The molecule has 0 aromatic heterocycles. The van der Waals surface area contributed by atoms with Crippen molar-refractivity contribution < 1.29 is 14.3 Å². The van der Waals surface area contributed by atoms with Crippen molar-refractivity contribution in [3.8, 4) is 0 Å². The van der Waals surface area contributed by atoms with Gasteiger partial charge in [-0.3, -0.25) is 0 Å². The van der Waals surface area contributed by atoms with E-state index < -0.39 is 0 Å². The second-order valence-corrected chi connectivity index (χ2v) is 7.68. The van der Waals surface area contributed by atoms with Crippen molar-refractivity contribution >= 4 is 17.7 Å². The summed E-state index contributed by atoms with van der Waals surface area (Å²) in [6, 6.07) is 7.62. The van der Waals surface area contributed by atoms with E-state index in [1.165, 1.54) is 5.57 Å². The maximum absolute atomic E-state index is 12.6. The van der Waals surface area contributed by atoms with Crippen molar-refractivity contribution in [2.75, 3.05) is 5.73 Å². The zero-order valence-electron chi connectivity index (χ0n) is 14.8. The Balaban J connectivity index is 1.70. The van der Waals surface area contributed by atoms with Crippen LogP contribution in [0.1, 0.15) is 45.1 Å². The van der Waals surface area contributed by atoms with E-state index in [1.807, 2.05) is 30.3 Å². The van der Waals surface area contributed by atoms with Crippen LogP contribution >= 0.6 is 0 Å². The number of para-hydroxylation sites is 1. The molecule has 0 unspecified atom stereocenters. The topological polar surface area (TPSA) is 64.8 Å². The van der Waals surface area contributed by atoms with Crippen LogP contribution in [-0.2, 0) is 14.3 Å². The third-order valence-electron chi connectivity index (χ3n) is 5.80. The SMILES string of the molecule is C/C1=C\CC[C@@]2(C)O[C@@H]2[C@H]2OC(=O)/C(=C/c3ccccc3N)[C@@H]2CC1. The molecule has 2 saturated heterocycles. The van der Waals surface area contributed by atoms with Crippen LogP contribution in [0.4, 0.5) is 5.69 Å². The van der Waals surface area contributed by atoms with Crippen molar-refractivity contribution in [3.63, 3.8) is 0 Å². The summed E-state index contributed by atoms with van der Waals surface area (Å²) in [6.45, 7) is 4.30. The maximum Gasteiger partial charge on any atom is 0.334 e. The van der Waals surface area contributed by atoms with Crippen LogP contribution in [0.3, 0.4) is 0 Å². The third kappa shape index (κ3) is 2.99. The molecule has 2 heterocycles. The van der Waals surface area contributed by atoms with Gasteiger partial charge in [-0.15, -0.1) is 0 Å². The fourth-order valence-electron chi connectivity index (χ4n) is 4.13. The Morgan fingerprint density at radius 2 is 2.12 bits per heavy atom. The molecular formula is C21H25NO3. The first-order valence-electron chi connectivity index (χ1n) is 9.08. The minimum Gasteiger partial charge on any atom is -0.455 e. The predicted octanol–water partition coefficient (Wildman–Crippen LogP) is 3.87. The molecule has 2 N–H and O–H groups in total. The van der Waals surface area contributed by atoms with E-state index >= 15 is 0 Å². The summed E-state index contributed by atoms with van der Waals surface area (Å²) >= 11 is 0. The number of rotatable bonds is 1. The second kappa shape index (κ2) is 6.03. The largest absolute Gasteiger partial charge is 0.455 e.